The van der Waals surface area contributed by atoms with E-state index in [2.05, 4.69) is 32.2 Å². The number of benzene rings is 2. The van der Waals surface area contributed by atoms with Crippen molar-refractivity contribution < 1.29 is 4.79 Å². The summed E-state index contributed by atoms with van der Waals surface area (Å²) >= 11 is 6.37. The highest BCUT2D eigenvalue weighted by Crippen LogP contribution is 2.27. The lowest BCUT2D eigenvalue weighted by Gasteiger charge is -2.10. The van der Waals surface area contributed by atoms with Gasteiger partial charge in [0.25, 0.3) is 5.91 Å². The van der Waals surface area contributed by atoms with Crippen LogP contribution in [0.15, 0.2) is 78.2 Å². The van der Waals surface area contributed by atoms with E-state index < -0.39 is 0 Å². The summed E-state index contributed by atoms with van der Waals surface area (Å²) in [6.45, 7) is 2.70. The highest BCUT2D eigenvalue weighted by atomic mass is 35.5. The van der Waals surface area contributed by atoms with E-state index in [9.17, 15) is 4.79 Å². The minimum atomic E-state index is -0.299. The first-order valence-electron chi connectivity index (χ1n) is 9.20. The molecule has 1 amide bonds. The maximum Gasteiger partial charge on any atom is 0.272 e. The van der Waals surface area contributed by atoms with Crippen LogP contribution >= 0.6 is 11.6 Å². The SMILES string of the molecule is Cc1c(/C=N/NC(=O)c2cccnc2)c2ccccc2n1Cc1ccccc1Cl. The summed E-state index contributed by atoms with van der Waals surface area (Å²) in [5, 5.41) is 5.98. The normalized spacial score (nSPS) is 11.2. The maximum atomic E-state index is 12.2. The lowest BCUT2D eigenvalue weighted by molar-refractivity contribution is 0.0955. The lowest BCUT2D eigenvalue weighted by atomic mass is 10.1. The van der Waals surface area contributed by atoms with Gasteiger partial charge in [-0.2, -0.15) is 5.10 Å². The van der Waals surface area contributed by atoms with Crippen molar-refractivity contribution in [2.24, 2.45) is 5.10 Å². The third-order valence-electron chi connectivity index (χ3n) is 4.85. The number of hydrogen-bond donors (Lipinski definition) is 1. The zero-order valence-corrected chi connectivity index (χ0v) is 16.6. The molecular weight excluding hydrogens is 384 g/mol. The average molecular weight is 403 g/mol. The van der Waals surface area contributed by atoms with Gasteiger partial charge in [0.05, 0.1) is 11.8 Å². The fourth-order valence-electron chi connectivity index (χ4n) is 3.34. The van der Waals surface area contributed by atoms with Gasteiger partial charge in [-0.15, -0.1) is 0 Å². The first-order valence-corrected chi connectivity index (χ1v) is 9.57. The molecule has 6 heteroatoms. The molecule has 2 aromatic carbocycles. The van der Waals surface area contributed by atoms with Crippen molar-refractivity contribution in [3.8, 4) is 0 Å². The molecule has 2 aromatic heterocycles. The molecule has 0 spiro atoms. The van der Waals surface area contributed by atoms with Gasteiger partial charge in [-0.3, -0.25) is 9.78 Å². The molecule has 2 heterocycles. The smallest absolute Gasteiger partial charge is 0.272 e. The van der Waals surface area contributed by atoms with Crippen LogP contribution in [0.3, 0.4) is 0 Å². The van der Waals surface area contributed by atoms with Crippen LogP contribution in [0.5, 0.6) is 0 Å². The number of para-hydroxylation sites is 1. The van der Waals surface area contributed by atoms with E-state index in [1.807, 2.05) is 43.3 Å². The van der Waals surface area contributed by atoms with Crippen LogP contribution in [0.25, 0.3) is 10.9 Å². The number of halogens is 1. The van der Waals surface area contributed by atoms with E-state index in [1.165, 1.54) is 6.20 Å². The standard InChI is InChI=1S/C23H19ClN4O/c1-16-20(14-26-27-23(29)17-8-6-12-25-13-17)19-9-3-5-11-22(19)28(16)15-18-7-2-4-10-21(18)24/h2-14H,15H2,1H3,(H,27,29)/b26-14+. The summed E-state index contributed by atoms with van der Waals surface area (Å²) < 4.78 is 2.21. The monoisotopic (exact) mass is 402 g/mol. The van der Waals surface area contributed by atoms with E-state index in [-0.39, 0.29) is 5.91 Å². The van der Waals surface area contributed by atoms with E-state index in [4.69, 9.17) is 11.6 Å². The Morgan fingerprint density at radius 3 is 2.72 bits per heavy atom. The van der Waals surface area contributed by atoms with Gasteiger partial charge in [0, 0.05) is 46.1 Å². The molecule has 144 valence electrons. The quantitative estimate of drug-likeness (QED) is 0.384. The zero-order valence-electron chi connectivity index (χ0n) is 15.8. The molecule has 1 N–H and O–H groups in total. The fourth-order valence-corrected chi connectivity index (χ4v) is 3.53. The molecule has 0 bridgehead atoms. The van der Waals surface area contributed by atoms with Gasteiger partial charge in [0.15, 0.2) is 0 Å². The van der Waals surface area contributed by atoms with Crippen LogP contribution in [0, 0.1) is 6.92 Å². The van der Waals surface area contributed by atoms with Crippen LogP contribution < -0.4 is 5.43 Å². The molecule has 5 nitrogen and oxygen atoms in total. The Balaban J connectivity index is 1.66. The molecule has 0 fully saturated rings. The van der Waals surface area contributed by atoms with Crippen LogP contribution in [0.1, 0.15) is 27.2 Å². The number of pyridine rings is 1. The Morgan fingerprint density at radius 2 is 1.93 bits per heavy atom. The summed E-state index contributed by atoms with van der Waals surface area (Å²) in [6.07, 6.45) is 4.82. The van der Waals surface area contributed by atoms with Gasteiger partial charge in [0.2, 0.25) is 0 Å². The summed E-state index contributed by atoms with van der Waals surface area (Å²) in [5.41, 5.74) is 7.17. The molecule has 4 rings (SSSR count). The number of hydrogen-bond acceptors (Lipinski definition) is 3. The van der Waals surface area contributed by atoms with Crippen molar-refractivity contribution in [2.75, 3.05) is 0 Å². The molecule has 0 atom stereocenters. The number of nitrogens with zero attached hydrogens (tertiary/aromatic N) is 3. The minimum Gasteiger partial charge on any atom is -0.340 e. The topological polar surface area (TPSA) is 59.3 Å². The van der Waals surface area contributed by atoms with Crippen molar-refractivity contribution in [3.05, 3.63) is 100 Å². The number of aromatic nitrogens is 2. The van der Waals surface area contributed by atoms with E-state index in [0.29, 0.717) is 12.1 Å². The number of hydrazone groups is 1. The van der Waals surface area contributed by atoms with Gasteiger partial charge >= 0.3 is 0 Å². The second-order valence-corrected chi connectivity index (χ2v) is 7.04. The van der Waals surface area contributed by atoms with Crippen LogP contribution in [-0.2, 0) is 6.54 Å². The van der Waals surface area contributed by atoms with Gasteiger partial charge in [0.1, 0.15) is 0 Å². The summed E-state index contributed by atoms with van der Waals surface area (Å²) in [5.74, 6) is -0.299. The third kappa shape index (κ3) is 3.91. The van der Waals surface area contributed by atoms with Crippen LogP contribution in [-0.4, -0.2) is 21.7 Å². The third-order valence-corrected chi connectivity index (χ3v) is 5.22. The van der Waals surface area contributed by atoms with Crippen molar-refractivity contribution in [2.45, 2.75) is 13.5 Å². The molecular formula is C23H19ClN4O. The molecule has 0 aliphatic rings. The summed E-state index contributed by atoms with van der Waals surface area (Å²) in [4.78, 5) is 16.1. The number of amides is 1. The Bertz CT molecular complexity index is 1200. The van der Waals surface area contributed by atoms with Gasteiger partial charge in [-0.1, -0.05) is 48.0 Å². The maximum absolute atomic E-state index is 12.2. The fraction of sp³-hybridized carbons (Fsp3) is 0.0870. The number of carbonyl (C=O) groups excluding carboxylic acids is 1. The van der Waals surface area contributed by atoms with Crippen molar-refractivity contribution >= 4 is 34.6 Å². The van der Waals surface area contributed by atoms with E-state index >= 15 is 0 Å². The predicted octanol–water partition coefficient (Wildman–Crippen LogP) is 4.81. The molecule has 0 saturated heterocycles. The summed E-state index contributed by atoms with van der Waals surface area (Å²) in [7, 11) is 0. The minimum absolute atomic E-state index is 0.299. The highest BCUT2D eigenvalue weighted by Gasteiger charge is 2.14. The average Bonchev–Trinajstić information content (AvgIpc) is 3.02. The van der Waals surface area contributed by atoms with Crippen LogP contribution in [0.2, 0.25) is 5.02 Å². The Kier molecular flexibility index (Phi) is 5.40. The molecule has 29 heavy (non-hydrogen) atoms. The summed E-state index contributed by atoms with van der Waals surface area (Å²) in [6, 6.07) is 19.4. The molecule has 4 aromatic rings. The molecule has 0 unspecified atom stereocenters. The van der Waals surface area contributed by atoms with Crippen molar-refractivity contribution in [1.29, 1.82) is 0 Å². The lowest BCUT2D eigenvalue weighted by Crippen LogP contribution is -2.17. The Morgan fingerprint density at radius 1 is 1.14 bits per heavy atom. The molecule has 0 saturated carbocycles. The number of nitrogens with one attached hydrogen (secondary N) is 1. The molecule has 0 aliphatic heterocycles. The van der Waals surface area contributed by atoms with Crippen LogP contribution in [0.4, 0.5) is 0 Å². The second-order valence-electron chi connectivity index (χ2n) is 6.63. The largest absolute Gasteiger partial charge is 0.340 e. The number of fused-ring (bicyclic) bond motifs is 1. The predicted molar refractivity (Wildman–Crippen MR) is 117 cm³/mol. The van der Waals surface area contributed by atoms with Crippen molar-refractivity contribution in [1.82, 2.24) is 15.0 Å². The first-order chi connectivity index (χ1) is 14.1. The van der Waals surface area contributed by atoms with E-state index in [0.717, 1.165) is 32.7 Å². The number of rotatable bonds is 5. The Labute approximate surface area is 173 Å². The van der Waals surface area contributed by atoms with Gasteiger partial charge < -0.3 is 4.57 Å². The van der Waals surface area contributed by atoms with Crippen molar-refractivity contribution in [3.63, 3.8) is 0 Å². The van der Waals surface area contributed by atoms with E-state index in [1.54, 1.807) is 24.5 Å². The second kappa shape index (κ2) is 8.29. The van der Waals surface area contributed by atoms with Gasteiger partial charge in [-0.25, -0.2) is 5.43 Å². The Hall–Kier alpha value is -3.44. The van der Waals surface area contributed by atoms with Gasteiger partial charge in [-0.05, 0) is 36.8 Å². The molecule has 0 aliphatic carbocycles. The number of carbonyl (C=O) groups is 1. The zero-order chi connectivity index (χ0) is 20.2. The first kappa shape index (κ1) is 18.9. The molecule has 0 radical (unpaired) electrons. The highest BCUT2D eigenvalue weighted by molar-refractivity contribution is 6.31.